The molecular formula is C16H23ClF2N2O. The van der Waals surface area contributed by atoms with Crippen molar-refractivity contribution in [3.05, 3.63) is 35.4 Å². The molecule has 1 aromatic carbocycles. The average Bonchev–Trinajstić information content (AvgIpc) is 2.89. The van der Waals surface area contributed by atoms with E-state index in [9.17, 15) is 13.6 Å². The third-order valence-electron chi connectivity index (χ3n) is 3.87. The molecule has 1 saturated heterocycles. The highest BCUT2D eigenvalue weighted by Gasteiger charge is 2.24. The molecule has 1 heterocycles. The van der Waals surface area contributed by atoms with Crippen LogP contribution in [0.3, 0.4) is 0 Å². The molecule has 22 heavy (non-hydrogen) atoms. The van der Waals surface area contributed by atoms with Gasteiger partial charge in [-0.1, -0.05) is 19.9 Å². The summed E-state index contributed by atoms with van der Waals surface area (Å²) in [6, 6.07) is 3.24. The molecule has 1 aliphatic heterocycles. The van der Waals surface area contributed by atoms with Crippen molar-refractivity contribution in [2.45, 2.75) is 45.2 Å². The second kappa shape index (κ2) is 8.44. The van der Waals surface area contributed by atoms with Crippen LogP contribution in [0.5, 0.6) is 0 Å². The van der Waals surface area contributed by atoms with Gasteiger partial charge in [0.2, 0.25) is 5.91 Å². The molecule has 1 amide bonds. The lowest BCUT2D eigenvalue weighted by molar-refractivity contribution is -0.122. The van der Waals surface area contributed by atoms with E-state index in [-0.39, 0.29) is 30.3 Å². The van der Waals surface area contributed by atoms with E-state index in [0.717, 1.165) is 25.5 Å². The quantitative estimate of drug-likeness (QED) is 0.868. The fourth-order valence-electron chi connectivity index (χ4n) is 2.74. The van der Waals surface area contributed by atoms with Crippen molar-refractivity contribution >= 4 is 18.3 Å². The summed E-state index contributed by atoms with van der Waals surface area (Å²) in [5, 5.41) is 6.14. The molecule has 0 bridgehead atoms. The minimum absolute atomic E-state index is 0. The van der Waals surface area contributed by atoms with Gasteiger partial charge in [-0.2, -0.15) is 0 Å². The Bertz CT molecular complexity index is 505. The summed E-state index contributed by atoms with van der Waals surface area (Å²) in [6.07, 6.45) is 2.47. The van der Waals surface area contributed by atoms with Crippen molar-refractivity contribution in [3.8, 4) is 0 Å². The first-order chi connectivity index (χ1) is 9.97. The average molecular weight is 333 g/mol. The molecule has 0 spiro atoms. The predicted molar refractivity (Wildman–Crippen MR) is 85.0 cm³/mol. The van der Waals surface area contributed by atoms with Crippen LogP contribution >= 0.6 is 12.4 Å². The van der Waals surface area contributed by atoms with Gasteiger partial charge in [-0.25, -0.2) is 8.78 Å². The van der Waals surface area contributed by atoms with Crippen LogP contribution in [0.4, 0.5) is 8.78 Å². The number of hydrogen-bond acceptors (Lipinski definition) is 2. The normalized spacial score (nSPS) is 18.9. The van der Waals surface area contributed by atoms with E-state index in [1.165, 1.54) is 12.1 Å². The maximum absolute atomic E-state index is 13.9. The molecule has 0 aromatic heterocycles. The lowest BCUT2D eigenvalue weighted by atomic mass is 9.95. The van der Waals surface area contributed by atoms with E-state index in [2.05, 4.69) is 10.6 Å². The van der Waals surface area contributed by atoms with Gasteiger partial charge in [-0.05, 0) is 31.4 Å². The highest BCUT2D eigenvalue weighted by atomic mass is 35.5. The van der Waals surface area contributed by atoms with Crippen LogP contribution in [-0.4, -0.2) is 18.5 Å². The molecule has 6 heteroatoms. The fraction of sp³-hybridized carbons (Fsp3) is 0.562. The first kappa shape index (κ1) is 18.8. The number of carbonyl (C=O) groups excluding carboxylic acids is 1. The van der Waals surface area contributed by atoms with Crippen LogP contribution in [0.25, 0.3) is 0 Å². The van der Waals surface area contributed by atoms with E-state index >= 15 is 0 Å². The minimum atomic E-state index is -0.618. The third kappa shape index (κ3) is 4.92. The SMILES string of the molecule is CC(C)C(NC(=O)CC1CCCN1)c1ccc(F)cc1F.Cl. The molecule has 2 rings (SSSR count). The number of halogens is 3. The third-order valence-corrected chi connectivity index (χ3v) is 3.87. The van der Waals surface area contributed by atoms with E-state index in [0.29, 0.717) is 12.0 Å². The number of rotatable bonds is 5. The van der Waals surface area contributed by atoms with E-state index in [4.69, 9.17) is 0 Å². The molecule has 2 atom stereocenters. The molecule has 124 valence electrons. The van der Waals surface area contributed by atoms with Gasteiger partial charge < -0.3 is 10.6 Å². The summed E-state index contributed by atoms with van der Waals surface area (Å²) >= 11 is 0. The summed E-state index contributed by atoms with van der Waals surface area (Å²) < 4.78 is 26.9. The molecule has 0 aliphatic carbocycles. The van der Waals surface area contributed by atoms with Gasteiger partial charge in [0, 0.05) is 24.1 Å². The zero-order valence-corrected chi connectivity index (χ0v) is 13.7. The Morgan fingerprint density at radius 2 is 2.14 bits per heavy atom. The maximum Gasteiger partial charge on any atom is 0.222 e. The number of nitrogens with one attached hydrogen (secondary N) is 2. The molecule has 1 aromatic rings. The summed E-state index contributed by atoms with van der Waals surface area (Å²) in [6.45, 7) is 4.75. The van der Waals surface area contributed by atoms with Crippen LogP contribution < -0.4 is 10.6 Å². The van der Waals surface area contributed by atoms with Gasteiger partial charge in [-0.15, -0.1) is 12.4 Å². The molecule has 2 unspecified atom stereocenters. The standard InChI is InChI=1S/C16H22F2N2O.ClH/c1-10(2)16(13-6-5-11(17)8-14(13)18)20-15(21)9-12-4-3-7-19-12;/h5-6,8,10,12,16,19H,3-4,7,9H2,1-2H3,(H,20,21);1H. The number of benzene rings is 1. The van der Waals surface area contributed by atoms with Gasteiger partial charge in [0.25, 0.3) is 0 Å². The Labute approximate surface area is 136 Å². The van der Waals surface area contributed by atoms with Gasteiger partial charge in [0.05, 0.1) is 6.04 Å². The van der Waals surface area contributed by atoms with Crippen LogP contribution in [0.1, 0.15) is 44.7 Å². The summed E-state index contributed by atoms with van der Waals surface area (Å²) in [5.74, 6) is -1.31. The number of carbonyl (C=O) groups is 1. The monoisotopic (exact) mass is 332 g/mol. The smallest absolute Gasteiger partial charge is 0.222 e. The molecule has 0 radical (unpaired) electrons. The molecule has 3 nitrogen and oxygen atoms in total. The van der Waals surface area contributed by atoms with E-state index in [1.54, 1.807) is 0 Å². The second-order valence-electron chi connectivity index (χ2n) is 5.95. The fourth-order valence-corrected chi connectivity index (χ4v) is 2.74. The van der Waals surface area contributed by atoms with Crippen molar-refractivity contribution in [2.24, 2.45) is 5.92 Å². The van der Waals surface area contributed by atoms with Gasteiger partial charge >= 0.3 is 0 Å². The van der Waals surface area contributed by atoms with E-state index in [1.807, 2.05) is 13.8 Å². The van der Waals surface area contributed by atoms with Gasteiger partial charge in [-0.3, -0.25) is 4.79 Å². The molecular weight excluding hydrogens is 310 g/mol. The molecule has 1 aliphatic rings. The number of hydrogen-bond donors (Lipinski definition) is 2. The first-order valence-corrected chi connectivity index (χ1v) is 7.45. The van der Waals surface area contributed by atoms with Crippen LogP contribution in [-0.2, 0) is 4.79 Å². The maximum atomic E-state index is 13.9. The van der Waals surface area contributed by atoms with E-state index < -0.39 is 17.7 Å². The highest BCUT2D eigenvalue weighted by Crippen LogP contribution is 2.25. The van der Waals surface area contributed by atoms with Crippen molar-refractivity contribution in [3.63, 3.8) is 0 Å². The van der Waals surface area contributed by atoms with Crippen molar-refractivity contribution in [1.29, 1.82) is 0 Å². The van der Waals surface area contributed by atoms with Crippen LogP contribution in [0.2, 0.25) is 0 Å². The Morgan fingerprint density at radius 3 is 2.68 bits per heavy atom. The largest absolute Gasteiger partial charge is 0.349 e. The highest BCUT2D eigenvalue weighted by molar-refractivity contribution is 5.85. The van der Waals surface area contributed by atoms with Crippen LogP contribution in [0, 0.1) is 17.6 Å². The number of amides is 1. The Balaban J connectivity index is 0.00000242. The molecule has 2 N–H and O–H groups in total. The Morgan fingerprint density at radius 1 is 1.41 bits per heavy atom. The Hall–Kier alpha value is -1.20. The predicted octanol–water partition coefficient (Wildman–Crippen LogP) is 3.34. The van der Waals surface area contributed by atoms with Crippen molar-refractivity contribution in [2.75, 3.05) is 6.54 Å². The second-order valence-corrected chi connectivity index (χ2v) is 5.95. The van der Waals surface area contributed by atoms with Crippen molar-refractivity contribution in [1.82, 2.24) is 10.6 Å². The van der Waals surface area contributed by atoms with Gasteiger partial charge in [0.1, 0.15) is 11.6 Å². The minimum Gasteiger partial charge on any atom is -0.349 e. The lowest BCUT2D eigenvalue weighted by Crippen LogP contribution is -2.36. The summed E-state index contributed by atoms with van der Waals surface area (Å²) in [5.41, 5.74) is 0.333. The lowest BCUT2D eigenvalue weighted by Gasteiger charge is -2.24. The summed E-state index contributed by atoms with van der Waals surface area (Å²) in [7, 11) is 0. The topological polar surface area (TPSA) is 41.1 Å². The molecule has 0 saturated carbocycles. The van der Waals surface area contributed by atoms with Crippen molar-refractivity contribution < 1.29 is 13.6 Å². The zero-order chi connectivity index (χ0) is 15.4. The first-order valence-electron chi connectivity index (χ1n) is 7.45. The molecule has 1 fully saturated rings. The van der Waals surface area contributed by atoms with Gasteiger partial charge in [0.15, 0.2) is 0 Å². The Kier molecular flexibility index (Phi) is 7.23. The summed E-state index contributed by atoms with van der Waals surface area (Å²) in [4.78, 5) is 12.1. The van der Waals surface area contributed by atoms with Crippen LogP contribution in [0.15, 0.2) is 18.2 Å². The zero-order valence-electron chi connectivity index (χ0n) is 12.9.